The zero-order chi connectivity index (χ0) is 15.5. The molecule has 0 radical (unpaired) electrons. The normalized spacial score (nSPS) is 17.8. The Morgan fingerprint density at radius 1 is 1.04 bits per heavy atom. The number of hydrogen-bond acceptors (Lipinski definition) is 5. The van der Waals surface area contributed by atoms with E-state index in [0.29, 0.717) is 0 Å². The number of hydrogen-bond donors (Lipinski definition) is 1. The molecule has 1 saturated heterocycles. The number of aromatic nitrogens is 2. The van der Waals surface area contributed by atoms with Crippen LogP contribution in [0.25, 0.3) is 0 Å². The van der Waals surface area contributed by atoms with Crippen molar-refractivity contribution in [2.45, 2.75) is 12.8 Å². The molecule has 5 heteroatoms. The Balaban J connectivity index is 1.28. The van der Waals surface area contributed by atoms with E-state index in [4.69, 9.17) is 0 Å². The monoisotopic (exact) mass is 309 g/mol. The molecule has 0 aliphatic carbocycles. The van der Waals surface area contributed by atoms with Gasteiger partial charge >= 0.3 is 0 Å². The summed E-state index contributed by atoms with van der Waals surface area (Å²) in [5, 5.41) is 3.43. The van der Waals surface area contributed by atoms with Crippen LogP contribution in [0, 0.1) is 0 Å². The lowest BCUT2D eigenvalue weighted by Gasteiger charge is -2.34. The van der Waals surface area contributed by atoms with Crippen LogP contribution in [0.5, 0.6) is 0 Å². The fraction of sp³-hybridized carbons (Fsp3) is 0.444. The summed E-state index contributed by atoms with van der Waals surface area (Å²) >= 11 is 0. The predicted octanol–water partition coefficient (Wildman–Crippen LogP) is 1.81. The molecule has 2 aliphatic rings. The van der Waals surface area contributed by atoms with Crippen LogP contribution in [0.4, 0.5) is 11.6 Å². The molecule has 0 unspecified atom stereocenters. The number of nitrogens with zero attached hydrogens (tertiary/aromatic N) is 4. The van der Waals surface area contributed by atoms with Crippen molar-refractivity contribution < 1.29 is 0 Å². The molecule has 5 nitrogen and oxygen atoms in total. The number of benzene rings is 1. The number of nitrogens with one attached hydrogen (secondary N) is 1. The van der Waals surface area contributed by atoms with Crippen molar-refractivity contribution in [3.63, 3.8) is 0 Å². The van der Waals surface area contributed by atoms with E-state index in [9.17, 15) is 0 Å². The van der Waals surface area contributed by atoms with Crippen LogP contribution in [0.1, 0.15) is 11.1 Å². The molecule has 23 heavy (non-hydrogen) atoms. The smallest absolute Gasteiger partial charge is 0.225 e. The zero-order valence-electron chi connectivity index (χ0n) is 13.4. The van der Waals surface area contributed by atoms with Gasteiger partial charge in [-0.25, -0.2) is 9.97 Å². The number of rotatable bonds is 4. The van der Waals surface area contributed by atoms with Crippen molar-refractivity contribution >= 4 is 11.6 Å². The number of fused-ring (bicyclic) bond motifs is 1. The minimum absolute atomic E-state index is 0.860. The summed E-state index contributed by atoms with van der Waals surface area (Å²) in [4.78, 5) is 13.5. The molecule has 0 saturated carbocycles. The van der Waals surface area contributed by atoms with Gasteiger partial charge in [0.1, 0.15) is 0 Å². The first-order valence-electron chi connectivity index (χ1n) is 8.48. The molecule has 0 bridgehead atoms. The standard InChI is InChI=1S/C18H23N5/c1-6-20-18(21-7-1)23-12-10-22(11-13-23)9-5-15-2-3-17-16(14-15)4-8-19-17/h1-3,6-7,14,19H,4-5,8-13H2. The minimum Gasteiger partial charge on any atom is -0.384 e. The molecule has 1 aromatic carbocycles. The van der Waals surface area contributed by atoms with Crippen molar-refractivity contribution in [1.29, 1.82) is 0 Å². The van der Waals surface area contributed by atoms with Crippen molar-refractivity contribution in [3.05, 3.63) is 47.8 Å². The van der Waals surface area contributed by atoms with E-state index in [0.717, 1.165) is 51.6 Å². The zero-order valence-corrected chi connectivity index (χ0v) is 13.4. The lowest BCUT2D eigenvalue weighted by Crippen LogP contribution is -2.47. The van der Waals surface area contributed by atoms with Gasteiger partial charge in [0.2, 0.25) is 5.95 Å². The second kappa shape index (κ2) is 6.54. The van der Waals surface area contributed by atoms with Crippen LogP contribution >= 0.6 is 0 Å². The second-order valence-electron chi connectivity index (χ2n) is 6.30. The quantitative estimate of drug-likeness (QED) is 0.933. The Kier molecular flexibility index (Phi) is 4.11. The van der Waals surface area contributed by atoms with E-state index in [2.05, 4.69) is 43.3 Å². The first-order valence-corrected chi connectivity index (χ1v) is 8.48. The van der Waals surface area contributed by atoms with Crippen molar-refractivity contribution in [2.24, 2.45) is 0 Å². The summed E-state index contributed by atoms with van der Waals surface area (Å²) in [6, 6.07) is 8.75. The molecular weight excluding hydrogens is 286 g/mol. The molecule has 1 fully saturated rings. The maximum absolute atomic E-state index is 4.34. The summed E-state index contributed by atoms with van der Waals surface area (Å²) in [6.45, 7) is 6.42. The summed E-state index contributed by atoms with van der Waals surface area (Å²) in [6.07, 6.45) is 5.93. The fourth-order valence-corrected chi connectivity index (χ4v) is 3.43. The average Bonchev–Trinajstić information content (AvgIpc) is 3.09. The van der Waals surface area contributed by atoms with Crippen LogP contribution in [0.15, 0.2) is 36.7 Å². The largest absolute Gasteiger partial charge is 0.384 e. The Bertz CT molecular complexity index is 650. The van der Waals surface area contributed by atoms with E-state index < -0.39 is 0 Å². The van der Waals surface area contributed by atoms with Gasteiger partial charge in [0.05, 0.1) is 0 Å². The summed E-state index contributed by atoms with van der Waals surface area (Å²) in [7, 11) is 0. The fourth-order valence-electron chi connectivity index (χ4n) is 3.43. The minimum atomic E-state index is 0.860. The average molecular weight is 309 g/mol. The van der Waals surface area contributed by atoms with Crippen LogP contribution in [-0.4, -0.2) is 54.1 Å². The summed E-state index contributed by atoms with van der Waals surface area (Å²) in [5.41, 5.74) is 4.26. The van der Waals surface area contributed by atoms with E-state index in [1.807, 2.05) is 18.5 Å². The SMILES string of the molecule is c1cnc(N2CCN(CCc3ccc4c(c3)CCN4)CC2)nc1. The molecule has 1 aromatic heterocycles. The van der Waals surface area contributed by atoms with Gasteiger partial charge in [-0.2, -0.15) is 0 Å². The highest BCUT2D eigenvalue weighted by molar-refractivity contribution is 5.56. The van der Waals surface area contributed by atoms with Gasteiger partial charge < -0.3 is 10.2 Å². The van der Waals surface area contributed by atoms with Crippen LogP contribution in [0.2, 0.25) is 0 Å². The highest BCUT2D eigenvalue weighted by Gasteiger charge is 2.18. The molecule has 4 rings (SSSR count). The Morgan fingerprint density at radius 2 is 1.87 bits per heavy atom. The molecule has 1 N–H and O–H groups in total. The third-order valence-electron chi connectivity index (χ3n) is 4.80. The maximum Gasteiger partial charge on any atom is 0.225 e. The third-order valence-corrected chi connectivity index (χ3v) is 4.80. The first kappa shape index (κ1) is 14.5. The Morgan fingerprint density at radius 3 is 2.70 bits per heavy atom. The second-order valence-corrected chi connectivity index (χ2v) is 6.30. The van der Waals surface area contributed by atoms with Crippen LogP contribution < -0.4 is 10.2 Å². The van der Waals surface area contributed by atoms with Crippen LogP contribution in [-0.2, 0) is 12.8 Å². The molecular formula is C18H23N5. The lowest BCUT2D eigenvalue weighted by atomic mass is 10.1. The number of anilines is 2. The van der Waals surface area contributed by atoms with Gasteiger partial charge in [-0.1, -0.05) is 12.1 Å². The van der Waals surface area contributed by atoms with Crippen LogP contribution in [0.3, 0.4) is 0 Å². The number of piperazine rings is 1. The topological polar surface area (TPSA) is 44.3 Å². The van der Waals surface area contributed by atoms with E-state index in [1.165, 1.54) is 23.2 Å². The summed E-state index contributed by atoms with van der Waals surface area (Å²) in [5.74, 6) is 0.860. The van der Waals surface area contributed by atoms with Crippen molar-refractivity contribution in [3.8, 4) is 0 Å². The highest BCUT2D eigenvalue weighted by Crippen LogP contribution is 2.23. The molecule has 0 spiro atoms. The van der Waals surface area contributed by atoms with Crippen molar-refractivity contribution in [2.75, 3.05) is 49.5 Å². The predicted molar refractivity (Wildman–Crippen MR) is 93.0 cm³/mol. The van der Waals surface area contributed by atoms with Gasteiger partial charge in [0.25, 0.3) is 0 Å². The third kappa shape index (κ3) is 3.29. The molecule has 0 atom stereocenters. The molecule has 2 aromatic rings. The lowest BCUT2D eigenvalue weighted by molar-refractivity contribution is 0.260. The first-order chi connectivity index (χ1) is 11.4. The summed E-state index contributed by atoms with van der Waals surface area (Å²) < 4.78 is 0. The Hall–Kier alpha value is -2.14. The molecule has 120 valence electrons. The van der Waals surface area contributed by atoms with Gasteiger partial charge in [-0.15, -0.1) is 0 Å². The maximum atomic E-state index is 4.34. The van der Waals surface area contributed by atoms with Gasteiger partial charge in [0.15, 0.2) is 0 Å². The molecule has 0 amide bonds. The van der Waals surface area contributed by atoms with Gasteiger partial charge in [-0.05, 0) is 36.1 Å². The van der Waals surface area contributed by atoms with E-state index in [-0.39, 0.29) is 0 Å². The van der Waals surface area contributed by atoms with Gasteiger partial charge in [0, 0.05) is 57.3 Å². The van der Waals surface area contributed by atoms with E-state index >= 15 is 0 Å². The highest BCUT2D eigenvalue weighted by atomic mass is 15.3. The van der Waals surface area contributed by atoms with E-state index in [1.54, 1.807) is 0 Å². The Labute approximate surface area is 137 Å². The molecule has 3 heterocycles. The van der Waals surface area contributed by atoms with Gasteiger partial charge in [-0.3, -0.25) is 4.90 Å². The van der Waals surface area contributed by atoms with Crippen molar-refractivity contribution in [1.82, 2.24) is 14.9 Å². The molecule has 2 aliphatic heterocycles.